The van der Waals surface area contributed by atoms with Gasteiger partial charge >= 0.3 is 0 Å². The van der Waals surface area contributed by atoms with Crippen LogP contribution in [0.5, 0.6) is 0 Å². The van der Waals surface area contributed by atoms with Crippen molar-refractivity contribution in [2.45, 2.75) is 25.6 Å². The van der Waals surface area contributed by atoms with E-state index in [1.54, 1.807) is 12.1 Å². The van der Waals surface area contributed by atoms with Gasteiger partial charge in [-0.25, -0.2) is 4.90 Å². The van der Waals surface area contributed by atoms with Crippen molar-refractivity contribution in [3.63, 3.8) is 0 Å². The molecule has 0 spiro atoms. The molecule has 2 aliphatic heterocycles. The summed E-state index contributed by atoms with van der Waals surface area (Å²) in [5, 5.41) is 13.4. The molecule has 0 saturated carbocycles. The molecule has 0 N–H and O–H groups in total. The Bertz CT molecular complexity index is 1160. The maximum Gasteiger partial charge on any atom is 0.263 e. The number of benzene rings is 2. The lowest BCUT2D eigenvalue weighted by atomic mass is 10.1. The van der Waals surface area contributed by atoms with E-state index in [2.05, 4.69) is 36.4 Å². The van der Waals surface area contributed by atoms with Crippen LogP contribution in [0.25, 0.3) is 11.4 Å². The molecule has 1 saturated heterocycles. The summed E-state index contributed by atoms with van der Waals surface area (Å²) < 4.78 is 6.27. The minimum Gasteiger partial charge on any atom is -0.337 e. The molecule has 2 aliphatic rings. The van der Waals surface area contributed by atoms with Gasteiger partial charge < -0.3 is 4.52 Å². The van der Waals surface area contributed by atoms with E-state index in [4.69, 9.17) is 4.52 Å². The monoisotopic (exact) mass is 466 g/mol. The van der Waals surface area contributed by atoms with Crippen molar-refractivity contribution < 1.29 is 14.1 Å². The Labute approximate surface area is 179 Å². The highest BCUT2D eigenvalue weighted by Gasteiger charge is 2.55. The molecule has 5 rings (SSSR count). The summed E-state index contributed by atoms with van der Waals surface area (Å²) in [6, 6.07) is 13.0. The number of rotatable bonds is 4. The molecule has 0 unspecified atom stereocenters. The van der Waals surface area contributed by atoms with E-state index < -0.39 is 12.1 Å². The van der Waals surface area contributed by atoms with Crippen molar-refractivity contribution in [2.75, 3.05) is 4.90 Å². The van der Waals surface area contributed by atoms with Crippen molar-refractivity contribution in [2.24, 2.45) is 10.3 Å². The van der Waals surface area contributed by atoms with Crippen molar-refractivity contribution in [1.82, 2.24) is 15.1 Å². The molecule has 0 aliphatic carbocycles. The van der Waals surface area contributed by atoms with Crippen molar-refractivity contribution >= 4 is 33.4 Å². The molecule has 3 heterocycles. The van der Waals surface area contributed by atoms with Crippen LogP contribution in [0.3, 0.4) is 0 Å². The summed E-state index contributed by atoms with van der Waals surface area (Å²) in [6.07, 6.45) is 0. The number of carbonyl (C=O) groups is 2. The first kappa shape index (κ1) is 18.6. The molecule has 2 atom stereocenters. The molecule has 30 heavy (non-hydrogen) atoms. The molecular formula is C20H15BrN6O3. The fourth-order valence-electron chi connectivity index (χ4n) is 3.48. The van der Waals surface area contributed by atoms with E-state index in [1.807, 2.05) is 43.3 Å². The molecular weight excluding hydrogens is 452 g/mol. The number of carbonyl (C=O) groups excluding carboxylic acids is 2. The van der Waals surface area contributed by atoms with Gasteiger partial charge in [0.25, 0.3) is 11.8 Å². The lowest BCUT2D eigenvalue weighted by Gasteiger charge is -2.19. The number of hydrogen-bond acceptors (Lipinski definition) is 8. The number of fused-ring (bicyclic) bond motifs is 1. The topological polar surface area (TPSA) is 104 Å². The van der Waals surface area contributed by atoms with Gasteiger partial charge in [-0.3, -0.25) is 14.6 Å². The van der Waals surface area contributed by atoms with Crippen LogP contribution in [-0.4, -0.2) is 39.0 Å². The van der Waals surface area contributed by atoms with Crippen LogP contribution in [0.4, 0.5) is 5.69 Å². The molecule has 1 aromatic heterocycles. The number of amides is 2. The molecule has 3 aromatic rings. The quantitative estimate of drug-likeness (QED) is 0.546. The van der Waals surface area contributed by atoms with E-state index in [1.165, 1.54) is 9.91 Å². The summed E-state index contributed by atoms with van der Waals surface area (Å²) in [5.74, 6) is -0.0467. The summed E-state index contributed by atoms with van der Waals surface area (Å²) >= 11 is 3.39. The number of anilines is 1. The summed E-state index contributed by atoms with van der Waals surface area (Å²) in [4.78, 5) is 31.3. The minimum absolute atomic E-state index is 0.0783. The van der Waals surface area contributed by atoms with E-state index >= 15 is 0 Å². The van der Waals surface area contributed by atoms with Crippen molar-refractivity contribution in [3.05, 3.63) is 64.5 Å². The third kappa shape index (κ3) is 3.09. The maximum atomic E-state index is 13.0. The van der Waals surface area contributed by atoms with Crippen LogP contribution in [0.1, 0.15) is 11.5 Å². The molecule has 0 radical (unpaired) electrons. The second-order valence-corrected chi connectivity index (χ2v) is 7.97. The van der Waals surface area contributed by atoms with Crippen LogP contribution < -0.4 is 4.90 Å². The lowest BCUT2D eigenvalue weighted by Crippen LogP contribution is -2.39. The van der Waals surface area contributed by atoms with Gasteiger partial charge in [0.2, 0.25) is 11.7 Å². The van der Waals surface area contributed by atoms with E-state index in [-0.39, 0.29) is 24.2 Å². The van der Waals surface area contributed by atoms with Gasteiger partial charge in [-0.1, -0.05) is 44.0 Å². The third-order valence-electron chi connectivity index (χ3n) is 5.02. The van der Waals surface area contributed by atoms with E-state index in [9.17, 15) is 9.59 Å². The molecule has 0 bridgehead atoms. The summed E-state index contributed by atoms with van der Waals surface area (Å²) in [6.45, 7) is 2.02. The zero-order chi connectivity index (χ0) is 20.8. The van der Waals surface area contributed by atoms with Gasteiger partial charge in [-0.15, -0.1) is 0 Å². The highest BCUT2D eigenvalue weighted by Crippen LogP contribution is 2.33. The van der Waals surface area contributed by atoms with Gasteiger partial charge in [0.1, 0.15) is 6.54 Å². The maximum absolute atomic E-state index is 13.0. The van der Waals surface area contributed by atoms with Crippen molar-refractivity contribution in [3.8, 4) is 11.4 Å². The standard InChI is InChI=1S/C20H15BrN6O3/c1-11-2-8-14(9-3-11)27-19(28)16-17(20(27)29)26(25-23-16)10-15-22-18(24-30-15)12-4-6-13(21)7-5-12/h2-9,16-17H,10H2,1H3/t16-,17+/m1/s1. The molecule has 1 fully saturated rings. The Morgan fingerprint density at radius 2 is 1.77 bits per heavy atom. The number of hydrogen-bond donors (Lipinski definition) is 0. The largest absolute Gasteiger partial charge is 0.337 e. The van der Waals surface area contributed by atoms with Gasteiger partial charge in [-0.05, 0) is 43.3 Å². The lowest BCUT2D eigenvalue weighted by molar-refractivity contribution is -0.123. The first-order valence-electron chi connectivity index (χ1n) is 9.22. The highest BCUT2D eigenvalue weighted by atomic mass is 79.9. The third-order valence-corrected chi connectivity index (χ3v) is 5.55. The predicted octanol–water partition coefficient (Wildman–Crippen LogP) is 3.30. The SMILES string of the molecule is Cc1ccc(N2C(=O)[C@@H]3[C@@H](N=NN3Cc3nc(-c4ccc(Br)cc4)no3)C2=O)cc1. The van der Waals surface area contributed by atoms with E-state index in [0.717, 1.165) is 15.6 Å². The molecule has 10 heteroatoms. The average Bonchev–Trinajstić information content (AvgIpc) is 3.43. The normalized spacial score (nSPS) is 20.3. The Hall–Kier alpha value is -3.40. The van der Waals surface area contributed by atoms with Crippen LogP contribution in [0, 0.1) is 6.92 Å². The molecule has 150 valence electrons. The minimum atomic E-state index is -0.868. The number of halogens is 1. The Morgan fingerprint density at radius 1 is 1.03 bits per heavy atom. The number of aromatic nitrogens is 2. The molecule has 2 amide bonds. The van der Waals surface area contributed by atoms with Crippen molar-refractivity contribution in [1.29, 1.82) is 0 Å². The molecule has 9 nitrogen and oxygen atoms in total. The number of imide groups is 1. The van der Waals surface area contributed by atoms with Gasteiger partial charge in [0.15, 0.2) is 12.1 Å². The van der Waals surface area contributed by atoms with E-state index in [0.29, 0.717) is 11.5 Å². The molecule has 2 aromatic carbocycles. The second kappa shape index (κ2) is 7.13. The Balaban J connectivity index is 1.36. The second-order valence-electron chi connectivity index (χ2n) is 7.06. The first-order valence-corrected chi connectivity index (χ1v) is 10.0. The Kier molecular flexibility index (Phi) is 4.43. The zero-order valence-electron chi connectivity index (χ0n) is 15.8. The first-order chi connectivity index (χ1) is 14.5. The van der Waals surface area contributed by atoms with Crippen LogP contribution in [-0.2, 0) is 16.1 Å². The number of aryl methyl sites for hydroxylation is 1. The predicted molar refractivity (Wildman–Crippen MR) is 109 cm³/mol. The summed E-state index contributed by atoms with van der Waals surface area (Å²) in [7, 11) is 0. The zero-order valence-corrected chi connectivity index (χ0v) is 17.4. The van der Waals surface area contributed by atoms with Gasteiger partial charge in [-0.2, -0.15) is 10.1 Å². The van der Waals surface area contributed by atoms with Crippen LogP contribution >= 0.6 is 15.9 Å². The van der Waals surface area contributed by atoms with Gasteiger partial charge in [0, 0.05) is 10.0 Å². The van der Waals surface area contributed by atoms with Crippen LogP contribution in [0.2, 0.25) is 0 Å². The fraction of sp³-hybridized carbons (Fsp3) is 0.200. The summed E-state index contributed by atoms with van der Waals surface area (Å²) in [5.41, 5.74) is 2.36. The average molecular weight is 467 g/mol. The smallest absolute Gasteiger partial charge is 0.263 e. The number of nitrogens with zero attached hydrogens (tertiary/aromatic N) is 6. The Morgan fingerprint density at radius 3 is 2.50 bits per heavy atom. The highest BCUT2D eigenvalue weighted by molar-refractivity contribution is 9.10. The van der Waals surface area contributed by atoms with Gasteiger partial charge in [0.05, 0.1) is 5.69 Å². The van der Waals surface area contributed by atoms with Crippen LogP contribution in [0.15, 0.2) is 67.9 Å². The fourth-order valence-corrected chi connectivity index (χ4v) is 3.74.